The Bertz CT molecular complexity index is 579. The normalized spacial score (nSPS) is 12.7. The molecule has 2 rings (SSSR count). The summed E-state index contributed by atoms with van der Waals surface area (Å²) in [7, 11) is 2.05. The fourth-order valence-corrected chi connectivity index (χ4v) is 2.59. The van der Waals surface area contributed by atoms with Gasteiger partial charge in [-0.3, -0.25) is 4.90 Å². The van der Waals surface area contributed by atoms with Gasteiger partial charge in [0.25, 0.3) is 0 Å². The zero-order valence-electron chi connectivity index (χ0n) is 11.6. The van der Waals surface area contributed by atoms with Crippen LogP contribution in [0.1, 0.15) is 24.1 Å². The van der Waals surface area contributed by atoms with Crippen molar-refractivity contribution in [3.63, 3.8) is 0 Å². The Morgan fingerprint density at radius 1 is 1.15 bits per heavy atom. The first-order valence-corrected chi connectivity index (χ1v) is 7.23. The molecule has 0 aliphatic heterocycles. The van der Waals surface area contributed by atoms with Gasteiger partial charge in [0.15, 0.2) is 0 Å². The molecular weight excluding hydrogens is 291 g/mol. The van der Waals surface area contributed by atoms with E-state index in [4.69, 9.17) is 28.9 Å². The summed E-state index contributed by atoms with van der Waals surface area (Å²) in [4.78, 5) is 2.20. The van der Waals surface area contributed by atoms with E-state index in [1.54, 1.807) is 0 Å². The van der Waals surface area contributed by atoms with Crippen molar-refractivity contribution in [1.82, 2.24) is 4.90 Å². The zero-order chi connectivity index (χ0) is 14.7. The Balaban J connectivity index is 2.17. The molecule has 0 heterocycles. The summed E-state index contributed by atoms with van der Waals surface area (Å²) < 4.78 is 0. The van der Waals surface area contributed by atoms with E-state index in [1.807, 2.05) is 43.4 Å². The number of nitrogen functional groups attached to an aromatic ring is 1. The number of hydrogen-bond acceptors (Lipinski definition) is 2. The molecule has 2 aromatic carbocycles. The lowest BCUT2D eigenvalue weighted by Gasteiger charge is -2.26. The summed E-state index contributed by atoms with van der Waals surface area (Å²) in [6.45, 7) is 2.83. The highest BCUT2D eigenvalue weighted by Crippen LogP contribution is 2.28. The van der Waals surface area contributed by atoms with E-state index in [-0.39, 0.29) is 6.04 Å². The van der Waals surface area contributed by atoms with Crippen molar-refractivity contribution in [1.29, 1.82) is 0 Å². The molecule has 0 radical (unpaired) electrons. The Kier molecular flexibility index (Phi) is 4.92. The van der Waals surface area contributed by atoms with Crippen molar-refractivity contribution < 1.29 is 0 Å². The molecule has 2 aromatic rings. The molecular formula is C16H18Cl2N2. The van der Waals surface area contributed by atoms with Crippen molar-refractivity contribution in [3.8, 4) is 0 Å². The zero-order valence-corrected chi connectivity index (χ0v) is 13.1. The lowest BCUT2D eigenvalue weighted by atomic mass is 10.1. The van der Waals surface area contributed by atoms with Crippen LogP contribution >= 0.6 is 23.2 Å². The second-order valence-electron chi connectivity index (χ2n) is 4.95. The Hall–Kier alpha value is -1.22. The van der Waals surface area contributed by atoms with Gasteiger partial charge in [0.2, 0.25) is 0 Å². The summed E-state index contributed by atoms with van der Waals surface area (Å²) in [5.41, 5.74) is 8.86. The van der Waals surface area contributed by atoms with Crippen molar-refractivity contribution in [3.05, 3.63) is 63.6 Å². The molecule has 0 fully saturated rings. The molecule has 2 nitrogen and oxygen atoms in total. The van der Waals surface area contributed by atoms with Gasteiger partial charge in [-0.25, -0.2) is 0 Å². The maximum Gasteiger partial charge on any atom is 0.0471 e. The number of anilines is 1. The molecule has 106 valence electrons. The van der Waals surface area contributed by atoms with Crippen molar-refractivity contribution in [2.75, 3.05) is 12.8 Å². The third kappa shape index (κ3) is 3.45. The minimum Gasteiger partial charge on any atom is -0.398 e. The van der Waals surface area contributed by atoms with Crippen LogP contribution in [0.4, 0.5) is 5.69 Å². The fraction of sp³-hybridized carbons (Fsp3) is 0.250. The Morgan fingerprint density at radius 2 is 1.85 bits per heavy atom. The molecule has 20 heavy (non-hydrogen) atoms. The van der Waals surface area contributed by atoms with Gasteiger partial charge in [0, 0.05) is 33.9 Å². The van der Waals surface area contributed by atoms with Gasteiger partial charge >= 0.3 is 0 Å². The SMILES string of the molecule is CC(c1cccc(Cl)c1)N(C)Cc1c(N)cccc1Cl. The first kappa shape index (κ1) is 15.2. The van der Waals surface area contributed by atoms with Crippen LogP contribution in [0.5, 0.6) is 0 Å². The van der Waals surface area contributed by atoms with Gasteiger partial charge in [-0.1, -0.05) is 41.4 Å². The minimum absolute atomic E-state index is 0.226. The van der Waals surface area contributed by atoms with Crippen LogP contribution in [-0.4, -0.2) is 11.9 Å². The molecule has 1 atom stereocenters. The third-order valence-electron chi connectivity index (χ3n) is 3.55. The summed E-state index contributed by atoms with van der Waals surface area (Å²) in [5, 5.41) is 1.45. The molecule has 0 aliphatic rings. The maximum atomic E-state index is 6.22. The minimum atomic E-state index is 0.226. The predicted molar refractivity (Wildman–Crippen MR) is 87.2 cm³/mol. The topological polar surface area (TPSA) is 29.3 Å². The lowest BCUT2D eigenvalue weighted by molar-refractivity contribution is 0.253. The van der Waals surface area contributed by atoms with Gasteiger partial charge in [-0.2, -0.15) is 0 Å². The summed E-state index contributed by atoms with van der Waals surface area (Å²) in [6.07, 6.45) is 0. The van der Waals surface area contributed by atoms with Crippen LogP contribution in [0.25, 0.3) is 0 Å². The summed E-state index contributed by atoms with van der Waals surface area (Å²) in [6, 6.07) is 13.7. The molecule has 0 aromatic heterocycles. The van der Waals surface area contributed by atoms with E-state index in [1.165, 1.54) is 5.56 Å². The van der Waals surface area contributed by atoms with Crippen LogP contribution in [0.3, 0.4) is 0 Å². The molecule has 1 unspecified atom stereocenters. The number of nitrogens with two attached hydrogens (primary N) is 1. The molecule has 0 spiro atoms. The van der Waals surface area contributed by atoms with Gasteiger partial charge in [0.1, 0.15) is 0 Å². The van der Waals surface area contributed by atoms with Crippen LogP contribution in [0.15, 0.2) is 42.5 Å². The van der Waals surface area contributed by atoms with E-state index in [2.05, 4.69) is 17.9 Å². The predicted octanol–water partition coefficient (Wildman–Crippen LogP) is 4.77. The first-order valence-electron chi connectivity index (χ1n) is 6.47. The highest BCUT2D eigenvalue weighted by Gasteiger charge is 2.15. The van der Waals surface area contributed by atoms with Crippen molar-refractivity contribution in [2.24, 2.45) is 0 Å². The highest BCUT2D eigenvalue weighted by atomic mass is 35.5. The molecule has 2 N–H and O–H groups in total. The average molecular weight is 309 g/mol. The maximum absolute atomic E-state index is 6.22. The summed E-state index contributed by atoms with van der Waals surface area (Å²) in [5.74, 6) is 0. The second kappa shape index (κ2) is 6.49. The van der Waals surface area contributed by atoms with Crippen LogP contribution in [0, 0.1) is 0 Å². The van der Waals surface area contributed by atoms with E-state index in [0.717, 1.165) is 16.3 Å². The van der Waals surface area contributed by atoms with Crippen LogP contribution in [-0.2, 0) is 6.54 Å². The van der Waals surface area contributed by atoms with E-state index in [9.17, 15) is 0 Å². The number of benzene rings is 2. The molecule has 0 saturated carbocycles. The largest absolute Gasteiger partial charge is 0.398 e. The molecule has 0 saturated heterocycles. The first-order chi connectivity index (χ1) is 9.49. The Labute approximate surface area is 130 Å². The number of nitrogens with zero attached hydrogens (tertiary/aromatic N) is 1. The van der Waals surface area contributed by atoms with Gasteiger partial charge in [-0.05, 0) is 43.8 Å². The number of rotatable bonds is 4. The lowest BCUT2D eigenvalue weighted by Crippen LogP contribution is -2.22. The number of halogens is 2. The third-order valence-corrected chi connectivity index (χ3v) is 4.14. The van der Waals surface area contributed by atoms with Gasteiger partial charge in [-0.15, -0.1) is 0 Å². The highest BCUT2D eigenvalue weighted by molar-refractivity contribution is 6.31. The fourth-order valence-electron chi connectivity index (χ4n) is 2.15. The van der Waals surface area contributed by atoms with Gasteiger partial charge < -0.3 is 5.73 Å². The summed E-state index contributed by atoms with van der Waals surface area (Å²) >= 11 is 12.3. The molecule has 0 aliphatic carbocycles. The van der Waals surface area contributed by atoms with Crippen molar-refractivity contribution >= 4 is 28.9 Å². The van der Waals surface area contributed by atoms with Crippen LogP contribution in [0.2, 0.25) is 10.0 Å². The van der Waals surface area contributed by atoms with E-state index in [0.29, 0.717) is 11.6 Å². The molecule has 0 amide bonds. The molecule has 4 heteroatoms. The average Bonchev–Trinajstić information content (AvgIpc) is 2.42. The Morgan fingerprint density at radius 3 is 2.50 bits per heavy atom. The monoisotopic (exact) mass is 308 g/mol. The quantitative estimate of drug-likeness (QED) is 0.824. The standard InChI is InChI=1S/C16H18Cl2N2/c1-11(12-5-3-6-13(17)9-12)20(2)10-14-15(18)7-4-8-16(14)19/h3-9,11H,10,19H2,1-2H3. The second-order valence-corrected chi connectivity index (χ2v) is 5.80. The smallest absolute Gasteiger partial charge is 0.0471 e. The van der Waals surface area contributed by atoms with Gasteiger partial charge in [0.05, 0.1) is 0 Å². The van der Waals surface area contributed by atoms with E-state index < -0.39 is 0 Å². The van der Waals surface area contributed by atoms with Crippen molar-refractivity contribution in [2.45, 2.75) is 19.5 Å². The van der Waals surface area contributed by atoms with Crippen LogP contribution < -0.4 is 5.73 Å². The van der Waals surface area contributed by atoms with E-state index >= 15 is 0 Å². The molecule has 0 bridgehead atoms. The number of hydrogen-bond donors (Lipinski definition) is 1.